The van der Waals surface area contributed by atoms with Gasteiger partial charge < -0.3 is 5.32 Å². The van der Waals surface area contributed by atoms with Crippen molar-refractivity contribution in [2.75, 3.05) is 10.3 Å². The average molecular weight is 356 g/mol. The van der Waals surface area contributed by atoms with Crippen LogP contribution in [0.2, 0.25) is 5.02 Å². The van der Waals surface area contributed by atoms with E-state index >= 15 is 0 Å². The summed E-state index contributed by atoms with van der Waals surface area (Å²) in [7, 11) is 0. The van der Waals surface area contributed by atoms with Crippen LogP contribution in [0.1, 0.15) is 24.0 Å². The molecule has 2 amide bonds. The Morgan fingerprint density at radius 3 is 2.64 bits per heavy atom. The molecule has 0 aliphatic carbocycles. The topological polar surface area (TPSA) is 61.8 Å². The third-order valence-corrected chi connectivity index (χ3v) is 4.32. The molecule has 6 heteroatoms. The Balaban J connectivity index is 1.87. The largest absolute Gasteiger partial charge is 0.321 e. The van der Waals surface area contributed by atoms with E-state index in [9.17, 15) is 9.59 Å². The third-order valence-electron chi connectivity index (χ3n) is 4.09. The summed E-state index contributed by atoms with van der Waals surface area (Å²) in [6, 6.07) is 12.8. The molecular weight excluding hydrogens is 338 g/mol. The lowest BCUT2D eigenvalue weighted by Gasteiger charge is -2.24. The zero-order valence-corrected chi connectivity index (χ0v) is 14.8. The van der Waals surface area contributed by atoms with E-state index in [1.165, 1.54) is 5.01 Å². The van der Waals surface area contributed by atoms with Gasteiger partial charge in [-0.05, 0) is 43.2 Å². The van der Waals surface area contributed by atoms with Gasteiger partial charge in [0.1, 0.15) is 5.71 Å². The van der Waals surface area contributed by atoms with E-state index in [-0.39, 0.29) is 18.2 Å². The van der Waals surface area contributed by atoms with E-state index in [2.05, 4.69) is 10.4 Å². The number of halogens is 1. The molecule has 2 aromatic carbocycles. The van der Waals surface area contributed by atoms with E-state index in [1.807, 2.05) is 44.2 Å². The number of para-hydroxylation sites is 1. The lowest BCUT2D eigenvalue weighted by molar-refractivity contribution is -0.118. The number of carbonyl (C=O) groups excluding carboxylic acids is 2. The molecule has 0 spiro atoms. The number of anilines is 2. The van der Waals surface area contributed by atoms with Gasteiger partial charge in [0.05, 0.1) is 5.69 Å². The monoisotopic (exact) mass is 355 g/mol. The molecule has 0 aromatic heterocycles. The van der Waals surface area contributed by atoms with Crippen molar-refractivity contribution in [2.45, 2.75) is 26.7 Å². The fourth-order valence-electron chi connectivity index (χ4n) is 2.63. The van der Waals surface area contributed by atoms with Crippen LogP contribution in [-0.2, 0) is 9.59 Å². The van der Waals surface area contributed by atoms with E-state index in [1.54, 1.807) is 12.1 Å². The molecule has 1 aliphatic rings. The highest BCUT2D eigenvalue weighted by Crippen LogP contribution is 2.25. The second-order valence-corrected chi connectivity index (χ2v) is 6.39. The summed E-state index contributed by atoms with van der Waals surface area (Å²) >= 11 is 5.99. The Kier molecular flexibility index (Phi) is 4.86. The number of amides is 2. The second kappa shape index (κ2) is 7.07. The smallest absolute Gasteiger partial charge is 0.271 e. The van der Waals surface area contributed by atoms with Crippen LogP contribution < -0.4 is 10.3 Å². The molecule has 0 atom stereocenters. The van der Waals surface area contributed by atoms with E-state index in [4.69, 9.17) is 11.6 Å². The summed E-state index contributed by atoms with van der Waals surface area (Å²) in [6.45, 7) is 3.79. The van der Waals surface area contributed by atoms with Gasteiger partial charge in [-0.1, -0.05) is 35.9 Å². The van der Waals surface area contributed by atoms with Gasteiger partial charge in [-0.15, -0.1) is 0 Å². The third kappa shape index (κ3) is 3.72. The van der Waals surface area contributed by atoms with Crippen molar-refractivity contribution in [3.8, 4) is 0 Å². The first kappa shape index (κ1) is 17.2. The highest BCUT2D eigenvalue weighted by atomic mass is 35.5. The van der Waals surface area contributed by atoms with Gasteiger partial charge in [-0.2, -0.15) is 5.10 Å². The van der Waals surface area contributed by atoms with Gasteiger partial charge in [0.25, 0.3) is 5.91 Å². The molecule has 0 saturated heterocycles. The first-order valence-electron chi connectivity index (χ1n) is 7.99. The molecule has 0 saturated carbocycles. The number of nitrogens with zero attached hydrogens (tertiary/aromatic N) is 2. The first-order valence-corrected chi connectivity index (χ1v) is 8.37. The zero-order valence-electron chi connectivity index (χ0n) is 14.0. The Morgan fingerprint density at radius 1 is 1.12 bits per heavy atom. The van der Waals surface area contributed by atoms with Crippen LogP contribution >= 0.6 is 11.6 Å². The van der Waals surface area contributed by atoms with Crippen LogP contribution in [0, 0.1) is 13.8 Å². The van der Waals surface area contributed by atoms with Gasteiger partial charge in [0.15, 0.2) is 0 Å². The van der Waals surface area contributed by atoms with Crippen LogP contribution in [-0.4, -0.2) is 17.5 Å². The standard InChI is InChI=1S/C19H18ClN3O2/c1-12-7-8-14(20)11-16(12)21-19(25)15-9-10-18(24)23(22-15)17-6-4-3-5-13(17)2/h3-8,11H,9-10H2,1-2H3,(H,21,25). The van der Waals surface area contributed by atoms with Gasteiger partial charge >= 0.3 is 0 Å². The zero-order chi connectivity index (χ0) is 18.0. The number of hydrazone groups is 1. The van der Waals surface area contributed by atoms with Crippen molar-refractivity contribution in [1.82, 2.24) is 0 Å². The van der Waals surface area contributed by atoms with Crippen LogP contribution in [0.25, 0.3) is 0 Å². The maximum atomic E-state index is 12.6. The molecule has 0 bridgehead atoms. The van der Waals surface area contributed by atoms with Gasteiger partial charge in [-0.3, -0.25) is 9.59 Å². The molecule has 1 N–H and O–H groups in total. The molecular formula is C19H18ClN3O2. The quantitative estimate of drug-likeness (QED) is 0.901. The normalized spacial score (nSPS) is 14.3. The number of benzene rings is 2. The molecule has 128 valence electrons. The minimum Gasteiger partial charge on any atom is -0.321 e. The minimum absolute atomic E-state index is 0.121. The van der Waals surface area contributed by atoms with E-state index < -0.39 is 0 Å². The molecule has 1 heterocycles. The maximum Gasteiger partial charge on any atom is 0.271 e. The summed E-state index contributed by atoms with van der Waals surface area (Å²) in [6.07, 6.45) is 0.557. The first-order chi connectivity index (χ1) is 12.0. The molecule has 25 heavy (non-hydrogen) atoms. The molecule has 1 aliphatic heterocycles. The summed E-state index contributed by atoms with van der Waals surface area (Å²) in [5.41, 5.74) is 3.48. The second-order valence-electron chi connectivity index (χ2n) is 5.95. The van der Waals surface area contributed by atoms with Crippen LogP contribution in [0.3, 0.4) is 0 Å². The van der Waals surface area contributed by atoms with Gasteiger partial charge in [0, 0.05) is 23.6 Å². The van der Waals surface area contributed by atoms with Crippen molar-refractivity contribution >= 4 is 40.5 Å². The molecule has 2 aromatic rings. The van der Waals surface area contributed by atoms with Crippen LogP contribution in [0.15, 0.2) is 47.6 Å². The molecule has 0 radical (unpaired) electrons. The lowest BCUT2D eigenvalue weighted by Crippen LogP contribution is -2.36. The summed E-state index contributed by atoms with van der Waals surface area (Å²) in [4.78, 5) is 24.8. The van der Waals surface area contributed by atoms with Crippen molar-refractivity contribution < 1.29 is 9.59 Å². The molecule has 0 fully saturated rings. The minimum atomic E-state index is -0.323. The lowest BCUT2D eigenvalue weighted by atomic mass is 10.1. The number of hydrogen-bond acceptors (Lipinski definition) is 3. The van der Waals surface area contributed by atoms with Gasteiger partial charge in [0.2, 0.25) is 5.91 Å². The fourth-order valence-corrected chi connectivity index (χ4v) is 2.80. The Morgan fingerprint density at radius 2 is 1.88 bits per heavy atom. The fraction of sp³-hybridized carbons (Fsp3) is 0.211. The number of rotatable bonds is 3. The molecule has 0 unspecified atom stereocenters. The number of aryl methyl sites for hydroxylation is 2. The van der Waals surface area contributed by atoms with Crippen LogP contribution in [0.5, 0.6) is 0 Å². The highest BCUT2D eigenvalue weighted by molar-refractivity contribution is 6.44. The van der Waals surface area contributed by atoms with E-state index in [0.29, 0.717) is 28.5 Å². The predicted molar refractivity (Wildman–Crippen MR) is 100 cm³/mol. The summed E-state index contributed by atoms with van der Waals surface area (Å²) < 4.78 is 0. The summed E-state index contributed by atoms with van der Waals surface area (Å²) in [5.74, 6) is -0.443. The number of carbonyl (C=O) groups is 2. The Bertz CT molecular complexity index is 877. The van der Waals surface area contributed by atoms with Crippen molar-refractivity contribution in [1.29, 1.82) is 0 Å². The Labute approximate surface area is 151 Å². The van der Waals surface area contributed by atoms with E-state index in [0.717, 1.165) is 11.1 Å². The maximum absolute atomic E-state index is 12.6. The van der Waals surface area contributed by atoms with Crippen molar-refractivity contribution in [3.05, 3.63) is 58.6 Å². The van der Waals surface area contributed by atoms with Crippen molar-refractivity contribution in [3.63, 3.8) is 0 Å². The van der Waals surface area contributed by atoms with Gasteiger partial charge in [-0.25, -0.2) is 5.01 Å². The van der Waals surface area contributed by atoms with Crippen LogP contribution in [0.4, 0.5) is 11.4 Å². The molecule has 3 rings (SSSR count). The SMILES string of the molecule is Cc1ccc(Cl)cc1NC(=O)C1=NN(c2ccccc2C)C(=O)CC1. The predicted octanol–water partition coefficient (Wildman–Crippen LogP) is 4.08. The number of hydrogen-bond donors (Lipinski definition) is 1. The molecule has 5 nitrogen and oxygen atoms in total. The van der Waals surface area contributed by atoms with Crippen molar-refractivity contribution in [2.24, 2.45) is 5.10 Å². The Hall–Kier alpha value is -2.66. The summed E-state index contributed by atoms with van der Waals surface area (Å²) in [5, 5.41) is 8.99. The highest BCUT2D eigenvalue weighted by Gasteiger charge is 2.26. The number of nitrogens with one attached hydrogen (secondary N) is 1. The average Bonchev–Trinajstić information content (AvgIpc) is 2.59.